The third-order valence-corrected chi connectivity index (χ3v) is 4.69. The predicted octanol–water partition coefficient (Wildman–Crippen LogP) is 2.76. The largest absolute Gasteiger partial charge is 0.370 e. The first-order chi connectivity index (χ1) is 9.67. The number of piperidine rings is 1. The van der Waals surface area contributed by atoms with Crippen LogP contribution in [0.3, 0.4) is 0 Å². The number of hydrogen-bond acceptors (Lipinski definition) is 3. The summed E-state index contributed by atoms with van der Waals surface area (Å²) >= 11 is 6.44. The lowest BCUT2D eigenvalue weighted by Gasteiger charge is -2.38. The molecule has 2 rings (SSSR count). The van der Waals surface area contributed by atoms with E-state index in [0.717, 1.165) is 18.0 Å². The van der Waals surface area contributed by atoms with Crippen LogP contribution in [0.2, 0.25) is 5.02 Å². The zero-order chi connectivity index (χ0) is 14.5. The first-order valence-corrected chi connectivity index (χ1v) is 7.97. The zero-order valence-corrected chi connectivity index (χ0v) is 13.4. The minimum atomic E-state index is 0.578. The SMILES string of the molecule is CCN1CCC(N(C)c2c(Cl)cccc2CCN)CC1. The van der Waals surface area contributed by atoms with E-state index >= 15 is 0 Å². The summed E-state index contributed by atoms with van der Waals surface area (Å²) in [6.45, 7) is 6.41. The summed E-state index contributed by atoms with van der Waals surface area (Å²) in [5, 5.41) is 0.844. The molecular formula is C16H26ClN3. The molecule has 1 aromatic carbocycles. The molecule has 1 aliphatic rings. The molecular weight excluding hydrogens is 270 g/mol. The Morgan fingerprint density at radius 2 is 2.05 bits per heavy atom. The summed E-state index contributed by atoms with van der Waals surface area (Å²) in [6, 6.07) is 6.72. The van der Waals surface area contributed by atoms with E-state index in [1.807, 2.05) is 12.1 Å². The van der Waals surface area contributed by atoms with E-state index in [0.29, 0.717) is 12.6 Å². The van der Waals surface area contributed by atoms with Gasteiger partial charge in [-0.3, -0.25) is 0 Å². The molecule has 112 valence electrons. The Kier molecular flexibility index (Phi) is 5.70. The summed E-state index contributed by atoms with van der Waals surface area (Å²) in [5.41, 5.74) is 8.17. The standard InChI is InChI=1S/C16H26ClN3/c1-3-20-11-8-14(9-12-20)19(2)16-13(7-10-18)5-4-6-15(16)17/h4-6,14H,3,7-12,18H2,1-2H3. The van der Waals surface area contributed by atoms with Gasteiger partial charge in [0, 0.05) is 26.2 Å². The number of nitrogens with zero attached hydrogens (tertiary/aromatic N) is 2. The average molecular weight is 296 g/mol. The van der Waals surface area contributed by atoms with Crippen molar-refractivity contribution in [2.75, 3.05) is 38.1 Å². The van der Waals surface area contributed by atoms with E-state index in [1.165, 1.54) is 37.2 Å². The van der Waals surface area contributed by atoms with Gasteiger partial charge in [-0.05, 0) is 44.0 Å². The molecule has 0 saturated carbocycles. The van der Waals surface area contributed by atoms with Gasteiger partial charge < -0.3 is 15.5 Å². The monoisotopic (exact) mass is 295 g/mol. The Morgan fingerprint density at radius 1 is 1.35 bits per heavy atom. The second-order valence-electron chi connectivity index (χ2n) is 5.56. The molecule has 20 heavy (non-hydrogen) atoms. The molecule has 0 atom stereocenters. The first-order valence-electron chi connectivity index (χ1n) is 7.60. The second-order valence-corrected chi connectivity index (χ2v) is 5.97. The molecule has 2 N–H and O–H groups in total. The highest BCUT2D eigenvalue weighted by molar-refractivity contribution is 6.33. The third kappa shape index (κ3) is 3.46. The van der Waals surface area contributed by atoms with Crippen LogP contribution in [0.25, 0.3) is 0 Å². The number of para-hydroxylation sites is 1. The van der Waals surface area contributed by atoms with E-state index < -0.39 is 0 Å². The van der Waals surface area contributed by atoms with Gasteiger partial charge in [0.05, 0.1) is 10.7 Å². The van der Waals surface area contributed by atoms with Crippen LogP contribution in [0.1, 0.15) is 25.3 Å². The van der Waals surface area contributed by atoms with Gasteiger partial charge in [-0.15, -0.1) is 0 Å². The number of nitrogens with two attached hydrogens (primary N) is 1. The smallest absolute Gasteiger partial charge is 0.0642 e. The summed E-state index contributed by atoms with van der Waals surface area (Å²) in [4.78, 5) is 4.89. The van der Waals surface area contributed by atoms with Crippen LogP contribution in [0.4, 0.5) is 5.69 Å². The van der Waals surface area contributed by atoms with Gasteiger partial charge in [-0.25, -0.2) is 0 Å². The highest BCUT2D eigenvalue weighted by Gasteiger charge is 2.24. The van der Waals surface area contributed by atoms with Crippen molar-refractivity contribution >= 4 is 17.3 Å². The van der Waals surface area contributed by atoms with Gasteiger partial charge in [-0.1, -0.05) is 30.7 Å². The summed E-state index contributed by atoms with van der Waals surface area (Å²) in [6.07, 6.45) is 3.29. The fourth-order valence-electron chi connectivity index (χ4n) is 3.12. The van der Waals surface area contributed by atoms with Crippen molar-refractivity contribution in [2.24, 2.45) is 5.73 Å². The zero-order valence-electron chi connectivity index (χ0n) is 12.6. The van der Waals surface area contributed by atoms with Gasteiger partial charge >= 0.3 is 0 Å². The van der Waals surface area contributed by atoms with Crippen molar-refractivity contribution in [2.45, 2.75) is 32.2 Å². The fourth-order valence-corrected chi connectivity index (χ4v) is 3.45. The molecule has 0 amide bonds. The van der Waals surface area contributed by atoms with Gasteiger partial charge in [0.25, 0.3) is 0 Å². The van der Waals surface area contributed by atoms with Gasteiger partial charge in [0.1, 0.15) is 0 Å². The second kappa shape index (κ2) is 7.30. The normalized spacial score (nSPS) is 17.4. The van der Waals surface area contributed by atoms with E-state index in [2.05, 4.69) is 29.8 Å². The van der Waals surface area contributed by atoms with Gasteiger partial charge in [0.2, 0.25) is 0 Å². The molecule has 0 bridgehead atoms. The van der Waals surface area contributed by atoms with Crippen molar-refractivity contribution in [1.29, 1.82) is 0 Å². The van der Waals surface area contributed by atoms with Crippen molar-refractivity contribution < 1.29 is 0 Å². The van der Waals surface area contributed by atoms with Crippen LogP contribution in [-0.4, -0.2) is 44.2 Å². The molecule has 1 aliphatic heterocycles. The van der Waals surface area contributed by atoms with Crippen molar-refractivity contribution in [1.82, 2.24) is 4.90 Å². The van der Waals surface area contributed by atoms with Crippen LogP contribution in [-0.2, 0) is 6.42 Å². The van der Waals surface area contributed by atoms with Crippen LogP contribution in [0.5, 0.6) is 0 Å². The van der Waals surface area contributed by atoms with Gasteiger partial charge in [0.15, 0.2) is 0 Å². The maximum Gasteiger partial charge on any atom is 0.0642 e. The molecule has 0 spiro atoms. The first kappa shape index (κ1) is 15.6. The number of benzene rings is 1. The Morgan fingerprint density at radius 3 is 2.65 bits per heavy atom. The predicted molar refractivity (Wildman–Crippen MR) is 87.7 cm³/mol. The van der Waals surface area contributed by atoms with E-state index in [9.17, 15) is 0 Å². The molecule has 1 saturated heterocycles. The lowest BCUT2D eigenvalue weighted by atomic mass is 10.0. The summed E-state index contributed by atoms with van der Waals surface area (Å²) in [7, 11) is 2.17. The molecule has 0 aliphatic carbocycles. The molecule has 4 heteroatoms. The quantitative estimate of drug-likeness (QED) is 0.907. The Hall–Kier alpha value is -0.770. The highest BCUT2D eigenvalue weighted by atomic mass is 35.5. The number of hydrogen-bond donors (Lipinski definition) is 1. The van der Waals surface area contributed by atoms with E-state index in [4.69, 9.17) is 17.3 Å². The lowest BCUT2D eigenvalue weighted by molar-refractivity contribution is 0.221. The average Bonchev–Trinajstić information content (AvgIpc) is 2.47. The summed E-state index contributed by atoms with van der Waals surface area (Å²) in [5.74, 6) is 0. The molecule has 1 heterocycles. The minimum Gasteiger partial charge on any atom is -0.370 e. The Balaban J connectivity index is 2.14. The molecule has 1 fully saturated rings. The van der Waals surface area contributed by atoms with Crippen molar-refractivity contribution in [3.8, 4) is 0 Å². The molecule has 1 aromatic rings. The fraction of sp³-hybridized carbons (Fsp3) is 0.625. The Bertz CT molecular complexity index is 428. The van der Waals surface area contributed by atoms with E-state index in [-0.39, 0.29) is 0 Å². The maximum atomic E-state index is 6.44. The molecule has 3 nitrogen and oxygen atoms in total. The van der Waals surface area contributed by atoms with Crippen LogP contribution in [0.15, 0.2) is 18.2 Å². The van der Waals surface area contributed by atoms with Crippen LogP contribution >= 0.6 is 11.6 Å². The van der Waals surface area contributed by atoms with Crippen LogP contribution < -0.4 is 10.6 Å². The Labute approximate surface area is 127 Å². The van der Waals surface area contributed by atoms with Crippen LogP contribution in [0, 0.1) is 0 Å². The maximum absolute atomic E-state index is 6.44. The minimum absolute atomic E-state index is 0.578. The number of halogens is 1. The van der Waals surface area contributed by atoms with Gasteiger partial charge in [-0.2, -0.15) is 0 Å². The third-order valence-electron chi connectivity index (χ3n) is 4.39. The number of likely N-dealkylation sites (tertiary alicyclic amines) is 1. The molecule has 0 unspecified atom stereocenters. The summed E-state index contributed by atoms with van der Waals surface area (Å²) < 4.78 is 0. The van der Waals surface area contributed by atoms with Crippen molar-refractivity contribution in [3.63, 3.8) is 0 Å². The highest BCUT2D eigenvalue weighted by Crippen LogP contribution is 2.32. The van der Waals surface area contributed by atoms with E-state index in [1.54, 1.807) is 0 Å². The lowest BCUT2D eigenvalue weighted by Crippen LogP contribution is -2.43. The van der Waals surface area contributed by atoms with Crippen molar-refractivity contribution in [3.05, 3.63) is 28.8 Å². The number of anilines is 1. The number of rotatable bonds is 5. The topological polar surface area (TPSA) is 32.5 Å². The molecule has 0 aromatic heterocycles. The molecule has 0 radical (unpaired) electrons.